The molecule has 0 spiro atoms. The SMILES string of the molecule is CCNC(=NCC(C)N1CCOCC1)NCCC(OCC)C(C)C. The van der Waals surface area contributed by atoms with E-state index in [4.69, 9.17) is 14.5 Å². The quantitative estimate of drug-likeness (QED) is 0.468. The molecule has 24 heavy (non-hydrogen) atoms. The Morgan fingerprint density at radius 1 is 1.17 bits per heavy atom. The van der Waals surface area contributed by atoms with Crippen molar-refractivity contribution in [2.24, 2.45) is 10.9 Å². The van der Waals surface area contributed by atoms with E-state index in [9.17, 15) is 0 Å². The first-order chi connectivity index (χ1) is 11.6. The number of aliphatic imine (C=N–C) groups is 1. The van der Waals surface area contributed by atoms with E-state index in [-0.39, 0.29) is 0 Å². The van der Waals surface area contributed by atoms with Crippen LogP contribution in [0.4, 0.5) is 0 Å². The Bertz CT molecular complexity index is 344. The first-order valence-electron chi connectivity index (χ1n) is 9.54. The minimum Gasteiger partial charge on any atom is -0.379 e. The molecule has 2 atom stereocenters. The predicted molar refractivity (Wildman–Crippen MR) is 101 cm³/mol. The molecule has 0 saturated carbocycles. The molecule has 1 fully saturated rings. The van der Waals surface area contributed by atoms with Crippen LogP contribution in [0.1, 0.15) is 41.0 Å². The lowest BCUT2D eigenvalue weighted by atomic mass is 10.0. The molecule has 0 aromatic rings. The van der Waals surface area contributed by atoms with E-state index in [1.54, 1.807) is 0 Å². The van der Waals surface area contributed by atoms with Crippen LogP contribution >= 0.6 is 0 Å². The van der Waals surface area contributed by atoms with Gasteiger partial charge in [-0.1, -0.05) is 13.8 Å². The molecule has 1 aliphatic heterocycles. The van der Waals surface area contributed by atoms with Gasteiger partial charge in [0.25, 0.3) is 0 Å². The maximum absolute atomic E-state index is 5.80. The van der Waals surface area contributed by atoms with Gasteiger partial charge in [0.2, 0.25) is 0 Å². The average molecular weight is 343 g/mol. The fraction of sp³-hybridized carbons (Fsp3) is 0.944. The average Bonchev–Trinajstić information content (AvgIpc) is 2.59. The summed E-state index contributed by atoms with van der Waals surface area (Å²) in [6.45, 7) is 17.8. The van der Waals surface area contributed by atoms with Gasteiger partial charge in [-0.3, -0.25) is 9.89 Å². The lowest BCUT2D eigenvalue weighted by molar-refractivity contribution is 0.0220. The molecular formula is C18H38N4O2. The van der Waals surface area contributed by atoms with Gasteiger partial charge in [-0.15, -0.1) is 0 Å². The molecule has 0 radical (unpaired) electrons. The first kappa shape index (κ1) is 21.2. The minimum absolute atomic E-state index is 0.303. The Hall–Kier alpha value is -0.850. The summed E-state index contributed by atoms with van der Waals surface area (Å²) in [7, 11) is 0. The topological polar surface area (TPSA) is 58.1 Å². The van der Waals surface area contributed by atoms with E-state index < -0.39 is 0 Å². The fourth-order valence-corrected chi connectivity index (χ4v) is 2.85. The van der Waals surface area contributed by atoms with Crippen molar-refractivity contribution in [2.45, 2.75) is 53.2 Å². The summed E-state index contributed by atoms with van der Waals surface area (Å²) >= 11 is 0. The molecule has 1 rings (SSSR count). The lowest BCUT2D eigenvalue weighted by Crippen LogP contribution is -2.44. The smallest absolute Gasteiger partial charge is 0.191 e. The van der Waals surface area contributed by atoms with Crippen molar-refractivity contribution in [3.8, 4) is 0 Å². The summed E-state index contributed by atoms with van der Waals surface area (Å²) in [5.74, 6) is 1.43. The molecule has 0 aromatic carbocycles. The molecule has 2 unspecified atom stereocenters. The molecule has 1 saturated heterocycles. The van der Waals surface area contributed by atoms with E-state index >= 15 is 0 Å². The number of hydrogen-bond acceptors (Lipinski definition) is 4. The number of hydrogen-bond donors (Lipinski definition) is 2. The van der Waals surface area contributed by atoms with Crippen LogP contribution < -0.4 is 10.6 Å². The highest BCUT2D eigenvalue weighted by atomic mass is 16.5. The van der Waals surface area contributed by atoms with E-state index in [2.05, 4.69) is 50.2 Å². The van der Waals surface area contributed by atoms with Crippen LogP contribution in [0.5, 0.6) is 0 Å². The Labute approximate surface area is 148 Å². The van der Waals surface area contributed by atoms with Crippen LogP contribution in [0.25, 0.3) is 0 Å². The molecule has 142 valence electrons. The number of guanidine groups is 1. The Morgan fingerprint density at radius 2 is 1.88 bits per heavy atom. The van der Waals surface area contributed by atoms with Gasteiger partial charge >= 0.3 is 0 Å². The third-order valence-corrected chi connectivity index (χ3v) is 4.37. The summed E-state index contributed by atoms with van der Waals surface area (Å²) in [6, 6.07) is 0.441. The van der Waals surface area contributed by atoms with Crippen LogP contribution in [0.3, 0.4) is 0 Å². The second-order valence-corrected chi connectivity index (χ2v) is 6.67. The van der Waals surface area contributed by atoms with Crippen molar-refractivity contribution in [3.05, 3.63) is 0 Å². The molecule has 2 N–H and O–H groups in total. The zero-order chi connectivity index (χ0) is 17.8. The van der Waals surface area contributed by atoms with Crippen LogP contribution in [0.15, 0.2) is 4.99 Å². The van der Waals surface area contributed by atoms with Crippen molar-refractivity contribution in [3.63, 3.8) is 0 Å². The molecular weight excluding hydrogens is 304 g/mol. The van der Waals surface area contributed by atoms with Crippen molar-refractivity contribution >= 4 is 5.96 Å². The lowest BCUT2D eigenvalue weighted by Gasteiger charge is -2.31. The van der Waals surface area contributed by atoms with Gasteiger partial charge < -0.3 is 20.1 Å². The molecule has 6 nitrogen and oxygen atoms in total. The Balaban J connectivity index is 2.40. The standard InChI is InChI=1S/C18H38N4O2/c1-6-19-18(20-9-8-17(15(3)4)24-7-2)21-14-16(5)22-10-12-23-13-11-22/h15-17H,6-14H2,1-5H3,(H2,19,20,21). The Kier molecular flexibility index (Phi) is 11.0. The van der Waals surface area contributed by atoms with Crippen LogP contribution in [0.2, 0.25) is 0 Å². The maximum atomic E-state index is 5.80. The number of morpholine rings is 1. The van der Waals surface area contributed by atoms with E-state index in [1.807, 2.05) is 0 Å². The highest BCUT2D eigenvalue weighted by Gasteiger charge is 2.17. The summed E-state index contributed by atoms with van der Waals surface area (Å²) in [5.41, 5.74) is 0. The summed E-state index contributed by atoms with van der Waals surface area (Å²) < 4.78 is 11.2. The second-order valence-electron chi connectivity index (χ2n) is 6.67. The van der Waals surface area contributed by atoms with Gasteiger partial charge in [-0.05, 0) is 33.1 Å². The van der Waals surface area contributed by atoms with Crippen LogP contribution in [-0.4, -0.2) is 75.5 Å². The third kappa shape index (κ3) is 8.31. The third-order valence-electron chi connectivity index (χ3n) is 4.37. The number of nitrogens with one attached hydrogen (secondary N) is 2. The molecule has 1 heterocycles. The molecule has 0 amide bonds. The van der Waals surface area contributed by atoms with Crippen molar-refractivity contribution < 1.29 is 9.47 Å². The number of ether oxygens (including phenoxy) is 2. The highest BCUT2D eigenvalue weighted by molar-refractivity contribution is 5.79. The molecule has 6 heteroatoms. The van der Waals surface area contributed by atoms with Crippen LogP contribution in [-0.2, 0) is 9.47 Å². The Morgan fingerprint density at radius 3 is 2.46 bits per heavy atom. The predicted octanol–water partition coefficient (Wildman–Crippen LogP) is 1.71. The maximum Gasteiger partial charge on any atom is 0.191 e. The van der Waals surface area contributed by atoms with Gasteiger partial charge in [0.15, 0.2) is 5.96 Å². The van der Waals surface area contributed by atoms with Gasteiger partial charge in [-0.2, -0.15) is 0 Å². The van der Waals surface area contributed by atoms with Gasteiger partial charge in [0.05, 0.1) is 25.9 Å². The normalized spacial score (nSPS) is 19.3. The van der Waals surface area contributed by atoms with Crippen molar-refractivity contribution in [2.75, 3.05) is 52.5 Å². The van der Waals surface area contributed by atoms with Gasteiger partial charge in [0.1, 0.15) is 0 Å². The van der Waals surface area contributed by atoms with Gasteiger partial charge in [-0.25, -0.2) is 0 Å². The van der Waals surface area contributed by atoms with E-state index in [0.29, 0.717) is 18.1 Å². The van der Waals surface area contributed by atoms with E-state index in [1.165, 1.54) is 0 Å². The van der Waals surface area contributed by atoms with Crippen LogP contribution in [0, 0.1) is 5.92 Å². The van der Waals surface area contributed by atoms with E-state index in [0.717, 1.165) is 64.9 Å². The minimum atomic E-state index is 0.303. The highest BCUT2D eigenvalue weighted by Crippen LogP contribution is 2.10. The van der Waals surface area contributed by atoms with Crippen molar-refractivity contribution in [1.29, 1.82) is 0 Å². The zero-order valence-electron chi connectivity index (χ0n) is 16.3. The summed E-state index contributed by atoms with van der Waals surface area (Å²) in [6.07, 6.45) is 1.30. The second kappa shape index (κ2) is 12.5. The molecule has 0 bridgehead atoms. The molecule has 0 aromatic heterocycles. The molecule has 0 aliphatic carbocycles. The largest absolute Gasteiger partial charge is 0.379 e. The monoisotopic (exact) mass is 342 g/mol. The summed E-state index contributed by atoms with van der Waals surface area (Å²) in [5, 5.41) is 6.77. The number of nitrogens with zero attached hydrogens (tertiary/aromatic N) is 2. The summed E-state index contributed by atoms with van der Waals surface area (Å²) in [4.78, 5) is 7.19. The van der Waals surface area contributed by atoms with Gasteiger partial charge in [0, 0.05) is 38.8 Å². The first-order valence-corrected chi connectivity index (χ1v) is 9.54. The zero-order valence-corrected chi connectivity index (χ0v) is 16.3. The van der Waals surface area contributed by atoms with Crippen molar-refractivity contribution in [1.82, 2.24) is 15.5 Å². The fourth-order valence-electron chi connectivity index (χ4n) is 2.85. The number of rotatable bonds is 10. The molecule has 1 aliphatic rings.